The van der Waals surface area contributed by atoms with Crippen molar-refractivity contribution >= 4 is 23.5 Å². The molecule has 0 aliphatic carbocycles. The number of nitrogens with zero attached hydrogens (tertiary/aromatic N) is 3. The van der Waals surface area contributed by atoms with Crippen molar-refractivity contribution in [1.82, 2.24) is 19.6 Å². The van der Waals surface area contributed by atoms with Gasteiger partial charge < -0.3 is 9.15 Å². The largest absolute Gasteiger partial charge is 0.463 e. The molecule has 3 heterocycles. The predicted octanol–water partition coefficient (Wildman–Crippen LogP) is 2.04. The normalized spacial score (nSPS) is 11.1. The molecule has 0 aromatic carbocycles. The first-order valence-electron chi connectivity index (χ1n) is 7.39. The highest BCUT2D eigenvalue weighted by Gasteiger charge is 2.14. The average Bonchev–Trinajstić information content (AvgIpc) is 3.19. The molecule has 3 aromatic rings. The minimum atomic E-state index is -0.512. The first-order chi connectivity index (χ1) is 11.6. The number of H-pyrrole nitrogens is 1. The number of carbonyl (C=O) groups is 1. The number of carbonyl (C=O) groups excluding carboxylic acids is 1. The van der Waals surface area contributed by atoms with Crippen LogP contribution in [0.5, 0.6) is 0 Å². The number of esters is 1. The number of ether oxygens (including phenoxy) is 1. The first kappa shape index (κ1) is 16.3. The fourth-order valence-electron chi connectivity index (χ4n) is 2.31. The molecule has 1 N–H and O–H groups in total. The van der Waals surface area contributed by atoms with Crippen LogP contribution in [0.1, 0.15) is 35.4 Å². The zero-order chi connectivity index (χ0) is 17.1. The Morgan fingerprint density at radius 1 is 1.42 bits per heavy atom. The summed E-state index contributed by atoms with van der Waals surface area (Å²) in [5.41, 5.74) is 0.669. The Bertz CT molecular complexity index is 927. The van der Waals surface area contributed by atoms with Crippen molar-refractivity contribution in [1.29, 1.82) is 0 Å². The third-order valence-electron chi connectivity index (χ3n) is 3.35. The lowest BCUT2D eigenvalue weighted by Crippen LogP contribution is -2.11. The van der Waals surface area contributed by atoms with Crippen LogP contribution in [-0.2, 0) is 16.9 Å². The Labute approximate surface area is 141 Å². The number of rotatable bonds is 6. The Morgan fingerprint density at radius 3 is 3.00 bits per heavy atom. The molecule has 0 aliphatic rings. The Hall–Kier alpha value is -2.55. The number of thioether (sulfide) groups is 1. The van der Waals surface area contributed by atoms with Gasteiger partial charge in [-0.15, -0.1) is 10.2 Å². The van der Waals surface area contributed by atoms with E-state index in [1.807, 2.05) is 11.3 Å². The Morgan fingerprint density at radius 2 is 2.25 bits per heavy atom. The van der Waals surface area contributed by atoms with Gasteiger partial charge in [0.2, 0.25) is 11.5 Å². The summed E-state index contributed by atoms with van der Waals surface area (Å²) in [5.74, 6) is 1.17. The number of hydrogen-bond acceptors (Lipinski definition) is 7. The van der Waals surface area contributed by atoms with Crippen molar-refractivity contribution in [2.45, 2.75) is 30.7 Å². The number of aromatic amines is 1. The highest BCUT2D eigenvalue weighted by molar-refractivity contribution is 7.98. The second kappa shape index (κ2) is 6.91. The molecule has 3 rings (SSSR count). The molecular formula is C15H16N4O4S. The first-order valence-corrected chi connectivity index (χ1v) is 8.38. The van der Waals surface area contributed by atoms with E-state index in [0.717, 1.165) is 18.5 Å². The van der Waals surface area contributed by atoms with Gasteiger partial charge in [0.05, 0.1) is 12.9 Å². The van der Waals surface area contributed by atoms with Gasteiger partial charge in [0, 0.05) is 11.8 Å². The van der Waals surface area contributed by atoms with Gasteiger partial charge in [-0.1, -0.05) is 25.1 Å². The van der Waals surface area contributed by atoms with Crippen molar-refractivity contribution in [3.8, 4) is 0 Å². The minimum absolute atomic E-state index is 0.162. The van der Waals surface area contributed by atoms with Crippen LogP contribution in [0.2, 0.25) is 0 Å². The number of fused-ring (bicyclic) bond motifs is 1. The Balaban J connectivity index is 1.84. The number of aryl methyl sites for hydroxylation is 1. The lowest BCUT2D eigenvalue weighted by Gasteiger charge is -2.05. The van der Waals surface area contributed by atoms with Gasteiger partial charge in [0.25, 0.3) is 5.56 Å². The van der Waals surface area contributed by atoms with Crippen molar-refractivity contribution < 1.29 is 13.9 Å². The summed E-state index contributed by atoms with van der Waals surface area (Å²) in [4.78, 5) is 25.7. The molecule has 0 spiro atoms. The summed E-state index contributed by atoms with van der Waals surface area (Å²) in [7, 11) is 1.30. The molecule has 0 bridgehead atoms. The van der Waals surface area contributed by atoms with E-state index in [0.29, 0.717) is 22.4 Å². The van der Waals surface area contributed by atoms with Crippen LogP contribution >= 0.6 is 11.8 Å². The van der Waals surface area contributed by atoms with E-state index in [1.54, 1.807) is 18.2 Å². The van der Waals surface area contributed by atoms with Gasteiger partial charge in [-0.3, -0.25) is 14.2 Å². The van der Waals surface area contributed by atoms with Crippen LogP contribution in [0.15, 0.2) is 32.6 Å². The van der Waals surface area contributed by atoms with E-state index in [2.05, 4.69) is 19.9 Å². The van der Waals surface area contributed by atoms with Crippen LogP contribution in [0.25, 0.3) is 5.78 Å². The number of aromatic nitrogens is 4. The van der Waals surface area contributed by atoms with Gasteiger partial charge in [0.1, 0.15) is 5.76 Å². The molecule has 0 atom stereocenters. The van der Waals surface area contributed by atoms with E-state index in [1.165, 1.54) is 18.9 Å². The fraction of sp³-hybridized carbons (Fsp3) is 0.333. The number of hydrogen-bond donors (Lipinski definition) is 1. The number of methoxy groups -OCH3 is 1. The van der Waals surface area contributed by atoms with Gasteiger partial charge >= 0.3 is 5.97 Å². The van der Waals surface area contributed by atoms with Gasteiger partial charge in [-0.2, -0.15) is 0 Å². The van der Waals surface area contributed by atoms with Gasteiger partial charge in [0.15, 0.2) is 5.16 Å². The number of furan rings is 1. The van der Waals surface area contributed by atoms with E-state index in [-0.39, 0.29) is 11.3 Å². The van der Waals surface area contributed by atoms with E-state index in [4.69, 9.17) is 4.42 Å². The molecule has 0 amide bonds. The molecule has 0 radical (unpaired) electrons. The summed E-state index contributed by atoms with van der Waals surface area (Å²) in [6.45, 7) is 2.04. The quantitative estimate of drug-likeness (QED) is 0.537. The Kier molecular flexibility index (Phi) is 4.70. The molecule has 0 fully saturated rings. The molecule has 24 heavy (non-hydrogen) atoms. The standard InChI is InChI=1S/C15H16N4O4S/c1-3-4-9-7-12(20)16-14-17-18-15(19(9)14)24-8-10-5-6-11(23-10)13(21)22-2/h5-7H,3-4,8H2,1-2H3,(H,16,17,20). The summed E-state index contributed by atoms with van der Waals surface area (Å²) in [6.07, 6.45) is 1.65. The maximum Gasteiger partial charge on any atom is 0.373 e. The summed E-state index contributed by atoms with van der Waals surface area (Å²) in [6, 6.07) is 4.85. The average molecular weight is 348 g/mol. The van der Waals surface area contributed by atoms with Crippen molar-refractivity contribution in [3.05, 3.63) is 45.8 Å². The molecule has 0 aliphatic heterocycles. The second-order valence-corrected chi connectivity index (χ2v) is 6.01. The van der Waals surface area contributed by atoms with Gasteiger partial charge in [-0.05, 0) is 18.6 Å². The third kappa shape index (κ3) is 3.21. The fourth-order valence-corrected chi connectivity index (χ4v) is 3.16. The maximum absolute atomic E-state index is 11.7. The molecule has 0 saturated heterocycles. The number of nitrogens with one attached hydrogen (secondary N) is 1. The highest BCUT2D eigenvalue weighted by atomic mass is 32.2. The van der Waals surface area contributed by atoms with Crippen LogP contribution in [-0.4, -0.2) is 32.7 Å². The van der Waals surface area contributed by atoms with Crippen LogP contribution in [0.3, 0.4) is 0 Å². The summed E-state index contributed by atoms with van der Waals surface area (Å²) < 4.78 is 11.9. The van der Waals surface area contributed by atoms with Crippen molar-refractivity contribution in [2.75, 3.05) is 7.11 Å². The van der Waals surface area contributed by atoms with E-state index in [9.17, 15) is 9.59 Å². The van der Waals surface area contributed by atoms with Crippen LogP contribution in [0.4, 0.5) is 0 Å². The van der Waals surface area contributed by atoms with Crippen LogP contribution < -0.4 is 5.56 Å². The highest BCUT2D eigenvalue weighted by Crippen LogP contribution is 2.23. The molecule has 0 saturated carbocycles. The lowest BCUT2D eigenvalue weighted by molar-refractivity contribution is 0.0563. The van der Waals surface area contributed by atoms with Crippen molar-refractivity contribution in [2.24, 2.45) is 0 Å². The summed E-state index contributed by atoms with van der Waals surface area (Å²) >= 11 is 1.41. The molecule has 9 heteroatoms. The molecule has 0 unspecified atom stereocenters. The second-order valence-electron chi connectivity index (χ2n) is 5.06. The summed E-state index contributed by atoms with van der Waals surface area (Å²) in [5, 5.41) is 8.79. The topological polar surface area (TPSA) is 102 Å². The predicted molar refractivity (Wildman–Crippen MR) is 87.2 cm³/mol. The lowest BCUT2D eigenvalue weighted by atomic mass is 10.2. The van der Waals surface area contributed by atoms with Crippen molar-refractivity contribution in [3.63, 3.8) is 0 Å². The SMILES string of the molecule is CCCc1cc(=O)[nH]c2nnc(SCc3ccc(C(=O)OC)o3)n12. The molecule has 8 nitrogen and oxygen atoms in total. The monoisotopic (exact) mass is 348 g/mol. The maximum atomic E-state index is 11.7. The molecule has 126 valence electrons. The van der Waals surface area contributed by atoms with E-state index >= 15 is 0 Å². The molecule has 3 aromatic heterocycles. The minimum Gasteiger partial charge on any atom is -0.463 e. The van der Waals surface area contributed by atoms with E-state index < -0.39 is 5.97 Å². The van der Waals surface area contributed by atoms with Crippen LogP contribution in [0, 0.1) is 0 Å². The van der Waals surface area contributed by atoms with Gasteiger partial charge in [-0.25, -0.2) is 4.79 Å². The zero-order valence-corrected chi connectivity index (χ0v) is 14.1. The third-order valence-corrected chi connectivity index (χ3v) is 4.30. The molecular weight excluding hydrogens is 332 g/mol. The zero-order valence-electron chi connectivity index (χ0n) is 13.2. The smallest absolute Gasteiger partial charge is 0.373 e.